The first kappa shape index (κ1) is 20.6. The third-order valence-electron chi connectivity index (χ3n) is 4.93. The van der Waals surface area contributed by atoms with E-state index in [0.29, 0.717) is 11.5 Å². The Morgan fingerprint density at radius 2 is 1.97 bits per heavy atom. The van der Waals surface area contributed by atoms with Gasteiger partial charge in [-0.25, -0.2) is 4.39 Å². The van der Waals surface area contributed by atoms with Crippen LogP contribution in [0.1, 0.15) is 22.9 Å². The summed E-state index contributed by atoms with van der Waals surface area (Å²) in [7, 11) is 1.43. The zero-order valence-electron chi connectivity index (χ0n) is 16.4. The zero-order chi connectivity index (χ0) is 22.3. The monoisotopic (exact) mass is 442 g/mol. The normalized spacial score (nSPS) is 17.9. The number of benzene rings is 2. The largest absolute Gasteiger partial charge is 0.507 e. The minimum absolute atomic E-state index is 0.0171. The van der Waals surface area contributed by atoms with Gasteiger partial charge in [-0.05, 0) is 31.2 Å². The third-order valence-corrected chi connectivity index (χ3v) is 5.23. The van der Waals surface area contributed by atoms with Gasteiger partial charge >= 0.3 is 5.91 Å². The van der Waals surface area contributed by atoms with Crippen LogP contribution in [0.4, 0.5) is 10.2 Å². The summed E-state index contributed by atoms with van der Waals surface area (Å²) < 4.78 is 24.9. The highest BCUT2D eigenvalue weighted by Gasteiger charge is 2.48. The second-order valence-electron chi connectivity index (χ2n) is 6.84. The maximum atomic E-state index is 14.8. The average molecular weight is 443 g/mol. The molecule has 9 heteroatoms. The number of carbonyl (C=O) groups excluding carboxylic acids is 2. The number of Topliss-reactive ketones (excluding diaryl/α,β-unsaturated/α-hetero) is 1. The molecular formula is C22H16ClFN2O5. The zero-order valence-corrected chi connectivity index (χ0v) is 17.2. The summed E-state index contributed by atoms with van der Waals surface area (Å²) >= 11 is 6.15. The Bertz CT molecular complexity index is 1240. The molecule has 1 amide bonds. The Balaban J connectivity index is 1.96. The first-order chi connectivity index (χ1) is 14.8. The molecule has 2 heterocycles. The van der Waals surface area contributed by atoms with Crippen molar-refractivity contribution in [2.75, 3.05) is 12.0 Å². The van der Waals surface area contributed by atoms with Gasteiger partial charge in [-0.2, -0.15) is 0 Å². The second-order valence-corrected chi connectivity index (χ2v) is 7.24. The number of aryl methyl sites for hydroxylation is 1. The molecule has 1 atom stereocenters. The predicted molar refractivity (Wildman–Crippen MR) is 110 cm³/mol. The number of anilines is 1. The lowest BCUT2D eigenvalue weighted by Gasteiger charge is -2.23. The van der Waals surface area contributed by atoms with Crippen LogP contribution < -0.4 is 9.64 Å². The number of carbonyl (C=O) groups is 2. The Morgan fingerprint density at radius 3 is 2.58 bits per heavy atom. The van der Waals surface area contributed by atoms with Crippen molar-refractivity contribution in [2.45, 2.75) is 13.0 Å². The summed E-state index contributed by atoms with van der Waals surface area (Å²) in [6, 6.07) is 10.2. The van der Waals surface area contributed by atoms with Gasteiger partial charge in [-0.1, -0.05) is 35.0 Å². The van der Waals surface area contributed by atoms with E-state index >= 15 is 0 Å². The summed E-state index contributed by atoms with van der Waals surface area (Å²) in [5.41, 5.74) is -0.109. The molecule has 7 nitrogen and oxygen atoms in total. The summed E-state index contributed by atoms with van der Waals surface area (Å²) in [5.74, 6) is -2.33. The van der Waals surface area contributed by atoms with Gasteiger partial charge in [0.25, 0.3) is 5.78 Å². The van der Waals surface area contributed by atoms with E-state index in [2.05, 4.69) is 5.16 Å². The summed E-state index contributed by atoms with van der Waals surface area (Å²) in [4.78, 5) is 26.9. The lowest BCUT2D eigenvalue weighted by atomic mass is 9.95. The number of aliphatic hydroxyl groups excluding tert-OH is 1. The number of hydrogen-bond donors (Lipinski definition) is 1. The Kier molecular flexibility index (Phi) is 5.24. The fourth-order valence-corrected chi connectivity index (χ4v) is 3.75. The van der Waals surface area contributed by atoms with Crippen LogP contribution in [0.25, 0.3) is 5.76 Å². The van der Waals surface area contributed by atoms with Crippen molar-refractivity contribution in [3.63, 3.8) is 0 Å². The van der Waals surface area contributed by atoms with E-state index in [0.717, 1.165) is 4.90 Å². The average Bonchev–Trinajstić information content (AvgIpc) is 3.28. The van der Waals surface area contributed by atoms with Gasteiger partial charge < -0.3 is 14.4 Å². The molecule has 1 aliphatic rings. The molecule has 158 valence electrons. The molecule has 0 aliphatic carbocycles. The number of aliphatic hydroxyl groups is 1. The van der Waals surface area contributed by atoms with Crippen molar-refractivity contribution >= 4 is 34.9 Å². The van der Waals surface area contributed by atoms with E-state index < -0.39 is 29.3 Å². The van der Waals surface area contributed by atoms with Gasteiger partial charge in [0.05, 0.1) is 23.7 Å². The van der Waals surface area contributed by atoms with Crippen molar-refractivity contribution in [2.24, 2.45) is 0 Å². The van der Waals surface area contributed by atoms with Gasteiger partial charge in [0.15, 0.2) is 5.82 Å². The van der Waals surface area contributed by atoms with Gasteiger partial charge in [0.2, 0.25) is 0 Å². The van der Waals surface area contributed by atoms with Crippen LogP contribution in [0.15, 0.2) is 58.6 Å². The topological polar surface area (TPSA) is 92.9 Å². The number of hydrogen-bond acceptors (Lipinski definition) is 6. The van der Waals surface area contributed by atoms with Crippen molar-refractivity contribution in [1.82, 2.24) is 5.16 Å². The second kappa shape index (κ2) is 7.88. The number of amides is 1. The summed E-state index contributed by atoms with van der Waals surface area (Å²) in [5, 5.41) is 15.0. The number of nitrogens with zero attached hydrogens (tertiary/aromatic N) is 2. The molecule has 4 rings (SSSR count). The predicted octanol–water partition coefficient (Wildman–Crippen LogP) is 4.41. The van der Waals surface area contributed by atoms with E-state index in [9.17, 15) is 19.1 Å². The van der Waals surface area contributed by atoms with Crippen LogP contribution in [0.2, 0.25) is 5.02 Å². The molecule has 1 aliphatic heterocycles. The molecule has 31 heavy (non-hydrogen) atoms. The van der Waals surface area contributed by atoms with Crippen LogP contribution in [0, 0.1) is 12.7 Å². The number of halogens is 2. The maximum absolute atomic E-state index is 14.8. The molecule has 0 spiro atoms. The smallest absolute Gasteiger partial charge is 0.301 e. The molecule has 1 N–H and O–H groups in total. The molecule has 1 fully saturated rings. The van der Waals surface area contributed by atoms with Crippen LogP contribution in [-0.2, 0) is 9.59 Å². The molecule has 0 bridgehead atoms. The van der Waals surface area contributed by atoms with Gasteiger partial charge in [0.1, 0.15) is 23.1 Å². The fourth-order valence-electron chi connectivity index (χ4n) is 3.50. The standard InChI is InChI=1S/C22H16ClFN2O5/c1-11-9-17(25-31-11)26-19(13-5-3-4-6-15(13)24)18(21(28)22(26)29)20(27)12-7-8-16(30-2)14(23)10-12/h3-10,19,27H,1-2H3/b20-18+/t19-/m0/s1. The van der Waals surface area contributed by atoms with Gasteiger partial charge in [-0.15, -0.1) is 0 Å². The van der Waals surface area contributed by atoms with E-state index in [1.54, 1.807) is 13.0 Å². The number of ether oxygens (including phenoxy) is 1. The molecule has 2 aromatic carbocycles. The quantitative estimate of drug-likeness (QED) is 0.365. The molecule has 3 aromatic rings. The molecule has 0 unspecified atom stereocenters. The van der Waals surface area contributed by atoms with Crippen LogP contribution >= 0.6 is 11.6 Å². The van der Waals surface area contributed by atoms with Crippen LogP contribution in [-0.4, -0.2) is 29.1 Å². The fraction of sp³-hybridized carbons (Fsp3) is 0.136. The molecule has 0 radical (unpaired) electrons. The third kappa shape index (κ3) is 3.44. The number of rotatable bonds is 4. The first-order valence-electron chi connectivity index (χ1n) is 9.16. The number of ketones is 1. The summed E-state index contributed by atoms with van der Waals surface area (Å²) in [6.07, 6.45) is 0. The minimum Gasteiger partial charge on any atom is -0.507 e. The van der Waals surface area contributed by atoms with Crippen molar-refractivity contribution in [3.8, 4) is 5.75 Å². The van der Waals surface area contributed by atoms with Crippen LogP contribution in [0.3, 0.4) is 0 Å². The highest BCUT2D eigenvalue weighted by Crippen LogP contribution is 2.43. The maximum Gasteiger partial charge on any atom is 0.301 e. The molecular weight excluding hydrogens is 427 g/mol. The minimum atomic E-state index is -1.26. The molecule has 0 saturated carbocycles. The highest BCUT2D eigenvalue weighted by molar-refractivity contribution is 6.51. The van der Waals surface area contributed by atoms with E-state index in [4.69, 9.17) is 20.9 Å². The SMILES string of the molecule is COc1ccc(/C(O)=C2\C(=O)C(=O)N(c3cc(C)on3)[C@H]2c2ccccc2F)cc1Cl. The Hall–Kier alpha value is -3.65. The molecule has 1 aromatic heterocycles. The summed E-state index contributed by atoms with van der Waals surface area (Å²) in [6.45, 7) is 1.62. The lowest BCUT2D eigenvalue weighted by Crippen LogP contribution is -2.30. The van der Waals surface area contributed by atoms with Crippen molar-refractivity contribution in [3.05, 3.63) is 81.8 Å². The lowest BCUT2D eigenvalue weighted by molar-refractivity contribution is -0.132. The van der Waals surface area contributed by atoms with Crippen molar-refractivity contribution in [1.29, 1.82) is 0 Å². The van der Waals surface area contributed by atoms with Crippen molar-refractivity contribution < 1.29 is 28.3 Å². The van der Waals surface area contributed by atoms with E-state index in [-0.39, 0.29) is 27.5 Å². The first-order valence-corrected chi connectivity index (χ1v) is 9.54. The van der Waals surface area contributed by atoms with Gasteiger partial charge in [-0.3, -0.25) is 14.5 Å². The molecule has 1 saturated heterocycles. The Labute approximate surface area is 181 Å². The Morgan fingerprint density at radius 1 is 1.23 bits per heavy atom. The van der Waals surface area contributed by atoms with Gasteiger partial charge in [0, 0.05) is 17.2 Å². The van der Waals surface area contributed by atoms with Crippen LogP contribution in [0.5, 0.6) is 5.75 Å². The van der Waals surface area contributed by atoms with E-state index in [1.165, 1.54) is 49.6 Å². The highest BCUT2D eigenvalue weighted by atomic mass is 35.5. The van der Waals surface area contributed by atoms with E-state index in [1.807, 2.05) is 0 Å². The number of methoxy groups -OCH3 is 1. The number of aromatic nitrogens is 1.